The third-order valence-electron chi connectivity index (χ3n) is 5.60. The van der Waals surface area contributed by atoms with Crippen LogP contribution in [0.2, 0.25) is 0 Å². The first-order chi connectivity index (χ1) is 13.9. The number of benzene rings is 2. The fourth-order valence-corrected chi connectivity index (χ4v) is 3.58. The molecule has 1 aliphatic carbocycles. The molecule has 2 amide bonds. The third kappa shape index (κ3) is 5.59. The summed E-state index contributed by atoms with van der Waals surface area (Å²) in [5.41, 5.74) is 3.57. The van der Waals surface area contributed by atoms with E-state index in [2.05, 4.69) is 10.6 Å². The van der Waals surface area contributed by atoms with Crippen molar-refractivity contribution >= 4 is 17.5 Å². The zero-order chi connectivity index (χ0) is 20.8. The molecule has 1 fully saturated rings. The Bertz CT molecular complexity index is 855. The number of amides is 2. The average Bonchev–Trinajstić information content (AvgIpc) is 2.72. The van der Waals surface area contributed by atoms with Gasteiger partial charge in [0, 0.05) is 17.3 Å². The Balaban J connectivity index is 1.55. The molecule has 0 aromatic heterocycles. The van der Waals surface area contributed by atoms with Crippen molar-refractivity contribution in [3.8, 4) is 5.75 Å². The van der Waals surface area contributed by atoms with Gasteiger partial charge in [-0.25, -0.2) is 0 Å². The van der Waals surface area contributed by atoms with E-state index >= 15 is 0 Å². The highest BCUT2D eigenvalue weighted by Gasteiger charge is 2.18. The number of hydrogen-bond acceptors (Lipinski definition) is 3. The molecule has 0 saturated heterocycles. The first-order valence-corrected chi connectivity index (χ1v) is 10.4. The number of hydrogen-bond donors (Lipinski definition) is 2. The molecule has 5 heteroatoms. The number of aryl methyl sites for hydroxylation is 1. The minimum absolute atomic E-state index is 0.0517. The minimum Gasteiger partial charge on any atom is -0.481 e. The van der Waals surface area contributed by atoms with Crippen molar-refractivity contribution < 1.29 is 14.3 Å². The van der Waals surface area contributed by atoms with Gasteiger partial charge in [-0.05, 0) is 75.1 Å². The Morgan fingerprint density at radius 3 is 2.38 bits per heavy atom. The van der Waals surface area contributed by atoms with Crippen LogP contribution < -0.4 is 15.4 Å². The minimum atomic E-state index is -0.656. The quantitative estimate of drug-likeness (QED) is 0.741. The molecule has 2 aromatic rings. The second-order valence-corrected chi connectivity index (χ2v) is 7.83. The average molecular weight is 395 g/mol. The molecular formula is C24H30N2O3. The fourth-order valence-electron chi connectivity index (χ4n) is 3.58. The van der Waals surface area contributed by atoms with Crippen LogP contribution in [0.3, 0.4) is 0 Å². The zero-order valence-electron chi connectivity index (χ0n) is 17.5. The van der Waals surface area contributed by atoms with Gasteiger partial charge in [0.05, 0.1) is 0 Å². The standard InChI is InChI=1S/C24H30N2O3/c1-16-8-7-11-22(17(16)2)26-23(27)18(3)29-21-14-12-19(13-15-21)24(28)25-20-9-5-4-6-10-20/h7-8,11-15,18,20H,4-6,9-10H2,1-3H3,(H,25,28)(H,26,27)/t18-/m1/s1. The summed E-state index contributed by atoms with van der Waals surface area (Å²) in [6.45, 7) is 5.70. The van der Waals surface area contributed by atoms with Crippen molar-refractivity contribution in [2.45, 2.75) is 65.0 Å². The van der Waals surface area contributed by atoms with Gasteiger partial charge in [0.25, 0.3) is 11.8 Å². The van der Waals surface area contributed by atoms with Crippen LogP contribution in [0.5, 0.6) is 5.75 Å². The zero-order valence-corrected chi connectivity index (χ0v) is 17.5. The summed E-state index contributed by atoms with van der Waals surface area (Å²) in [4.78, 5) is 24.9. The molecule has 2 aromatic carbocycles. The molecule has 2 N–H and O–H groups in total. The van der Waals surface area contributed by atoms with Crippen molar-refractivity contribution in [2.24, 2.45) is 0 Å². The van der Waals surface area contributed by atoms with Gasteiger partial charge in [-0.15, -0.1) is 0 Å². The van der Waals surface area contributed by atoms with Gasteiger partial charge in [0.15, 0.2) is 6.10 Å². The third-order valence-corrected chi connectivity index (χ3v) is 5.60. The lowest BCUT2D eigenvalue weighted by molar-refractivity contribution is -0.122. The maximum atomic E-state index is 12.5. The van der Waals surface area contributed by atoms with Crippen molar-refractivity contribution in [1.29, 1.82) is 0 Å². The Hall–Kier alpha value is -2.82. The normalized spacial score (nSPS) is 15.4. The Morgan fingerprint density at radius 1 is 1.00 bits per heavy atom. The number of carbonyl (C=O) groups excluding carboxylic acids is 2. The van der Waals surface area contributed by atoms with Crippen molar-refractivity contribution in [3.05, 3.63) is 59.2 Å². The SMILES string of the molecule is Cc1cccc(NC(=O)[C@@H](C)Oc2ccc(C(=O)NC3CCCCC3)cc2)c1C. The lowest BCUT2D eigenvalue weighted by atomic mass is 9.95. The molecule has 154 valence electrons. The van der Waals surface area contributed by atoms with Crippen LogP contribution in [0.1, 0.15) is 60.5 Å². The summed E-state index contributed by atoms with van der Waals surface area (Å²) in [5.74, 6) is 0.296. The van der Waals surface area contributed by atoms with Gasteiger partial charge < -0.3 is 15.4 Å². The summed E-state index contributed by atoms with van der Waals surface area (Å²) in [5, 5.41) is 6.02. The Labute approximate surface area is 172 Å². The second-order valence-electron chi connectivity index (χ2n) is 7.83. The first-order valence-electron chi connectivity index (χ1n) is 10.4. The van der Waals surface area contributed by atoms with Crippen LogP contribution in [0.4, 0.5) is 5.69 Å². The highest BCUT2D eigenvalue weighted by atomic mass is 16.5. The summed E-state index contributed by atoms with van der Waals surface area (Å²) in [6, 6.07) is 13.0. The van der Waals surface area contributed by atoms with E-state index in [1.54, 1.807) is 31.2 Å². The van der Waals surface area contributed by atoms with Gasteiger partial charge in [-0.3, -0.25) is 9.59 Å². The summed E-state index contributed by atoms with van der Waals surface area (Å²) < 4.78 is 5.76. The maximum absolute atomic E-state index is 12.5. The molecule has 0 bridgehead atoms. The van der Waals surface area contributed by atoms with Crippen LogP contribution in [-0.4, -0.2) is 24.0 Å². The second kappa shape index (κ2) is 9.59. The summed E-state index contributed by atoms with van der Waals surface area (Å²) in [6.07, 6.45) is 5.07. The Kier molecular flexibility index (Phi) is 6.91. The molecule has 1 aliphatic rings. The number of anilines is 1. The van der Waals surface area contributed by atoms with Crippen LogP contribution in [0.15, 0.2) is 42.5 Å². The van der Waals surface area contributed by atoms with Gasteiger partial charge in [-0.2, -0.15) is 0 Å². The number of rotatable bonds is 6. The van der Waals surface area contributed by atoms with Gasteiger partial charge in [0.1, 0.15) is 5.75 Å². The van der Waals surface area contributed by atoms with Crippen LogP contribution in [-0.2, 0) is 4.79 Å². The lowest BCUT2D eigenvalue weighted by Gasteiger charge is -2.22. The predicted octanol–water partition coefficient (Wildman–Crippen LogP) is 4.77. The number of carbonyl (C=O) groups is 2. The van der Waals surface area contributed by atoms with E-state index in [1.165, 1.54) is 19.3 Å². The molecule has 3 rings (SSSR count). The molecule has 1 atom stereocenters. The highest BCUT2D eigenvalue weighted by Crippen LogP contribution is 2.20. The molecule has 1 saturated carbocycles. The topological polar surface area (TPSA) is 67.4 Å². The summed E-state index contributed by atoms with van der Waals surface area (Å²) in [7, 11) is 0. The van der Waals surface area contributed by atoms with Crippen molar-refractivity contribution in [1.82, 2.24) is 5.32 Å². The van der Waals surface area contributed by atoms with Crippen molar-refractivity contribution in [3.63, 3.8) is 0 Å². The van der Waals surface area contributed by atoms with E-state index in [1.807, 2.05) is 32.0 Å². The lowest BCUT2D eigenvalue weighted by Crippen LogP contribution is -2.36. The van der Waals surface area contributed by atoms with Gasteiger partial charge >= 0.3 is 0 Å². The molecule has 0 heterocycles. The van der Waals surface area contributed by atoms with Crippen molar-refractivity contribution in [2.75, 3.05) is 5.32 Å². The molecule has 0 unspecified atom stereocenters. The fraction of sp³-hybridized carbons (Fsp3) is 0.417. The first kappa shape index (κ1) is 20.9. The number of nitrogens with one attached hydrogen (secondary N) is 2. The molecule has 5 nitrogen and oxygen atoms in total. The molecule has 0 aliphatic heterocycles. The van der Waals surface area contributed by atoms with Crippen LogP contribution in [0, 0.1) is 13.8 Å². The number of ether oxygens (including phenoxy) is 1. The van der Waals surface area contributed by atoms with E-state index in [0.29, 0.717) is 11.3 Å². The maximum Gasteiger partial charge on any atom is 0.265 e. The van der Waals surface area contributed by atoms with E-state index in [-0.39, 0.29) is 17.9 Å². The van der Waals surface area contributed by atoms with E-state index < -0.39 is 6.10 Å². The van der Waals surface area contributed by atoms with Crippen LogP contribution in [0.25, 0.3) is 0 Å². The molecular weight excluding hydrogens is 364 g/mol. The van der Waals surface area contributed by atoms with Crippen LogP contribution >= 0.6 is 0 Å². The van der Waals surface area contributed by atoms with Gasteiger partial charge in [-0.1, -0.05) is 31.4 Å². The largest absolute Gasteiger partial charge is 0.481 e. The molecule has 0 spiro atoms. The monoisotopic (exact) mass is 394 g/mol. The summed E-state index contributed by atoms with van der Waals surface area (Å²) >= 11 is 0. The van der Waals surface area contributed by atoms with E-state index in [4.69, 9.17) is 4.74 Å². The van der Waals surface area contributed by atoms with E-state index in [9.17, 15) is 9.59 Å². The smallest absolute Gasteiger partial charge is 0.265 e. The van der Waals surface area contributed by atoms with Gasteiger partial charge in [0.2, 0.25) is 0 Å². The molecule has 0 radical (unpaired) electrons. The van der Waals surface area contributed by atoms with E-state index in [0.717, 1.165) is 29.7 Å². The predicted molar refractivity (Wildman–Crippen MR) is 115 cm³/mol. The highest BCUT2D eigenvalue weighted by molar-refractivity contribution is 5.95. The Morgan fingerprint density at radius 2 is 1.69 bits per heavy atom. The molecule has 29 heavy (non-hydrogen) atoms.